The van der Waals surface area contributed by atoms with E-state index in [1.807, 2.05) is 0 Å². The average Bonchev–Trinajstić information content (AvgIpc) is 2.29. The van der Waals surface area contributed by atoms with E-state index in [4.69, 9.17) is 0 Å². The molecule has 0 spiro atoms. The molecule has 0 bridgehead atoms. The highest BCUT2D eigenvalue weighted by atomic mass is 79.9. The maximum Gasteiger partial charge on any atom is 0.147 e. The Morgan fingerprint density at radius 1 is 1.31 bits per heavy atom. The predicted molar refractivity (Wildman–Crippen MR) is 63.5 cm³/mol. The Bertz CT molecular complexity index is 476. The quantitative estimate of drug-likeness (QED) is 0.940. The van der Waals surface area contributed by atoms with Crippen LogP contribution in [-0.4, -0.2) is 9.97 Å². The van der Waals surface area contributed by atoms with Gasteiger partial charge in [-0.2, -0.15) is 0 Å². The van der Waals surface area contributed by atoms with Crippen LogP contribution in [-0.2, 0) is 6.54 Å². The minimum atomic E-state index is -0.288. The second-order valence-corrected chi connectivity index (χ2v) is 4.09. The lowest BCUT2D eigenvalue weighted by molar-refractivity contribution is 0.629. The van der Waals surface area contributed by atoms with Crippen LogP contribution in [0.25, 0.3) is 0 Å². The molecule has 1 N–H and O–H groups in total. The SMILES string of the molecule is Fc1cc(Br)ccc1NCc1ccncn1. The fourth-order valence-electron chi connectivity index (χ4n) is 1.24. The summed E-state index contributed by atoms with van der Waals surface area (Å²) in [5, 5.41) is 2.97. The highest BCUT2D eigenvalue weighted by Crippen LogP contribution is 2.19. The molecule has 2 rings (SSSR count). The summed E-state index contributed by atoms with van der Waals surface area (Å²) in [7, 11) is 0. The van der Waals surface area contributed by atoms with Crippen molar-refractivity contribution in [3.8, 4) is 0 Å². The van der Waals surface area contributed by atoms with E-state index in [-0.39, 0.29) is 5.82 Å². The molecule has 16 heavy (non-hydrogen) atoms. The Morgan fingerprint density at radius 2 is 2.19 bits per heavy atom. The number of anilines is 1. The fraction of sp³-hybridized carbons (Fsp3) is 0.0909. The van der Waals surface area contributed by atoms with E-state index in [1.54, 1.807) is 24.4 Å². The lowest BCUT2D eigenvalue weighted by Gasteiger charge is -2.06. The lowest BCUT2D eigenvalue weighted by atomic mass is 10.3. The van der Waals surface area contributed by atoms with Crippen molar-refractivity contribution in [3.05, 3.63) is 52.8 Å². The van der Waals surface area contributed by atoms with E-state index >= 15 is 0 Å². The minimum Gasteiger partial charge on any atom is -0.377 e. The van der Waals surface area contributed by atoms with Gasteiger partial charge in [-0.25, -0.2) is 14.4 Å². The van der Waals surface area contributed by atoms with Crippen LogP contribution in [0.5, 0.6) is 0 Å². The Balaban J connectivity index is 2.05. The standard InChI is InChI=1S/C11H9BrFN3/c12-8-1-2-11(10(13)5-8)15-6-9-3-4-14-7-16-9/h1-5,7,15H,6H2. The third-order valence-corrected chi connectivity index (χ3v) is 2.53. The monoisotopic (exact) mass is 281 g/mol. The van der Waals surface area contributed by atoms with Crippen LogP contribution in [0.4, 0.5) is 10.1 Å². The molecule has 0 saturated heterocycles. The first kappa shape index (κ1) is 11.0. The van der Waals surface area contributed by atoms with E-state index in [0.717, 1.165) is 10.2 Å². The van der Waals surface area contributed by atoms with Gasteiger partial charge in [0, 0.05) is 10.7 Å². The first-order valence-corrected chi connectivity index (χ1v) is 5.49. The first-order valence-electron chi connectivity index (χ1n) is 4.69. The first-order chi connectivity index (χ1) is 7.75. The topological polar surface area (TPSA) is 37.8 Å². The van der Waals surface area contributed by atoms with Crippen LogP contribution in [0.3, 0.4) is 0 Å². The molecular formula is C11H9BrFN3. The van der Waals surface area contributed by atoms with E-state index in [2.05, 4.69) is 31.2 Å². The summed E-state index contributed by atoms with van der Waals surface area (Å²) in [6, 6.07) is 6.66. The second-order valence-electron chi connectivity index (χ2n) is 3.18. The van der Waals surface area contributed by atoms with Gasteiger partial charge in [0.05, 0.1) is 17.9 Å². The third-order valence-electron chi connectivity index (χ3n) is 2.03. The maximum absolute atomic E-state index is 13.4. The normalized spacial score (nSPS) is 10.1. The van der Waals surface area contributed by atoms with Gasteiger partial charge in [-0.05, 0) is 24.3 Å². The molecule has 0 aliphatic carbocycles. The second kappa shape index (κ2) is 5.03. The van der Waals surface area contributed by atoms with Crippen LogP contribution < -0.4 is 5.32 Å². The largest absolute Gasteiger partial charge is 0.377 e. The van der Waals surface area contributed by atoms with Crippen molar-refractivity contribution in [3.63, 3.8) is 0 Å². The molecule has 1 heterocycles. The molecule has 0 fully saturated rings. The molecule has 1 aromatic heterocycles. The van der Waals surface area contributed by atoms with Crippen LogP contribution >= 0.6 is 15.9 Å². The zero-order chi connectivity index (χ0) is 11.4. The summed E-state index contributed by atoms with van der Waals surface area (Å²) < 4.78 is 14.1. The van der Waals surface area contributed by atoms with Crippen molar-refractivity contribution < 1.29 is 4.39 Å². The number of halogens is 2. The van der Waals surface area contributed by atoms with Gasteiger partial charge in [-0.15, -0.1) is 0 Å². The Labute approximate surface area is 101 Å². The molecule has 1 aromatic carbocycles. The van der Waals surface area contributed by atoms with Crippen molar-refractivity contribution in [1.29, 1.82) is 0 Å². The Hall–Kier alpha value is -1.49. The Kier molecular flexibility index (Phi) is 3.46. The number of aromatic nitrogens is 2. The van der Waals surface area contributed by atoms with Gasteiger partial charge in [0.1, 0.15) is 12.1 Å². The Morgan fingerprint density at radius 3 is 2.88 bits per heavy atom. The lowest BCUT2D eigenvalue weighted by Crippen LogP contribution is -2.03. The number of nitrogens with zero attached hydrogens (tertiary/aromatic N) is 2. The van der Waals surface area contributed by atoms with Crippen molar-refractivity contribution in [2.24, 2.45) is 0 Å². The molecule has 5 heteroatoms. The van der Waals surface area contributed by atoms with Crippen molar-refractivity contribution >= 4 is 21.6 Å². The number of benzene rings is 1. The van der Waals surface area contributed by atoms with Crippen LogP contribution in [0.15, 0.2) is 41.3 Å². The summed E-state index contributed by atoms with van der Waals surface area (Å²) in [4.78, 5) is 7.85. The number of rotatable bonds is 3. The number of hydrogen-bond acceptors (Lipinski definition) is 3. The van der Waals surface area contributed by atoms with E-state index in [9.17, 15) is 4.39 Å². The summed E-state index contributed by atoms with van der Waals surface area (Å²) >= 11 is 3.20. The van der Waals surface area contributed by atoms with Crippen molar-refractivity contribution in [2.75, 3.05) is 5.32 Å². The molecule has 0 aliphatic rings. The molecule has 2 aromatic rings. The molecule has 0 saturated carbocycles. The molecule has 0 amide bonds. The van der Waals surface area contributed by atoms with Gasteiger partial charge < -0.3 is 5.32 Å². The van der Waals surface area contributed by atoms with Crippen LogP contribution in [0.1, 0.15) is 5.69 Å². The van der Waals surface area contributed by atoms with Gasteiger partial charge in [-0.1, -0.05) is 15.9 Å². The van der Waals surface area contributed by atoms with E-state index in [1.165, 1.54) is 12.4 Å². The third kappa shape index (κ3) is 2.76. The van der Waals surface area contributed by atoms with Gasteiger partial charge in [-0.3, -0.25) is 0 Å². The predicted octanol–water partition coefficient (Wildman–Crippen LogP) is 2.99. The zero-order valence-electron chi connectivity index (χ0n) is 8.32. The highest BCUT2D eigenvalue weighted by molar-refractivity contribution is 9.10. The van der Waals surface area contributed by atoms with Crippen LogP contribution in [0, 0.1) is 5.82 Å². The molecule has 0 radical (unpaired) electrons. The summed E-state index contributed by atoms with van der Waals surface area (Å²) in [5.41, 5.74) is 1.28. The van der Waals surface area contributed by atoms with Gasteiger partial charge in [0.2, 0.25) is 0 Å². The zero-order valence-corrected chi connectivity index (χ0v) is 9.91. The number of hydrogen-bond donors (Lipinski definition) is 1. The fourth-order valence-corrected chi connectivity index (χ4v) is 1.57. The highest BCUT2D eigenvalue weighted by Gasteiger charge is 2.02. The maximum atomic E-state index is 13.4. The summed E-state index contributed by atoms with van der Waals surface area (Å²) in [6.07, 6.45) is 3.12. The van der Waals surface area contributed by atoms with Crippen LogP contribution in [0.2, 0.25) is 0 Å². The van der Waals surface area contributed by atoms with E-state index < -0.39 is 0 Å². The van der Waals surface area contributed by atoms with E-state index in [0.29, 0.717) is 12.2 Å². The van der Waals surface area contributed by atoms with Gasteiger partial charge in [0.25, 0.3) is 0 Å². The molecule has 0 unspecified atom stereocenters. The minimum absolute atomic E-state index is 0.288. The summed E-state index contributed by atoms with van der Waals surface area (Å²) in [5.74, 6) is -0.288. The summed E-state index contributed by atoms with van der Waals surface area (Å²) in [6.45, 7) is 0.473. The van der Waals surface area contributed by atoms with Crippen molar-refractivity contribution in [2.45, 2.75) is 6.54 Å². The number of nitrogens with one attached hydrogen (secondary N) is 1. The molecule has 3 nitrogen and oxygen atoms in total. The van der Waals surface area contributed by atoms with Crippen molar-refractivity contribution in [1.82, 2.24) is 9.97 Å². The molecule has 0 aliphatic heterocycles. The molecule has 82 valence electrons. The molecular weight excluding hydrogens is 273 g/mol. The van der Waals surface area contributed by atoms with Gasteiger partial charge >= 0.3 is 0 Å². The smallest absolute Gasteiger partial charge is 0.147 e. The van der Waals surface area contributed by atoms with Gasteiger partial charge in [0.15, 0.2) is 0 Å². The average molecular weight is 282 g/mol. The molecule has 0 atom stereocenters.